The maximum atomic E-state index is 5.42. The van der Waals surface area contributed by atoms with Crippen LogP contribution in [0.3, 0.4) is 0 Å². The number of likely N-dealkylation sites (N-methyl/N-ethyl adjacent to an activating group) is 1. The molecule has 0 unspecified atom stereocenters. The summed E-state index contributed by atoms with van der Waals surface area (Å²) < 4.78 is 22.7. The van der Waals surface area contributed by atoms with Crippen LogP contribution in [-0.4, -0.2) is 74.5 Å². The van der Waals surface area contributed by atoms with Crippen molar-refractivity contribution in [2.45, 2.75) is 12.5 Å². The lowest BCUT2D eigenvalue weighted by atomic mass is 10.3. The molecular weight excluding hydrogens is 238 g/mol. The summed E-state index contributed by atoms with van der Waals surface area (Å²) in [6.07, 6.45) is 1.07. The Morgan fingerprint density at radius 3 is 2.06 bits per heavy atom. The average molecular weight is 264 g/mol. The monoisotopic (exact) mass is 264 g/mol. The Labute approximate surface area is 106 Å². The minimum atomic E-state index is -2.38. The van der Waals surface area contributed by atoms with Gasteiger partial charge in [-0.05, 0) is 0 Å². The molecule has 1 rings (SSSR count). The van der Waals surface area contributed by atoms with Gasteiger partial charge in [-0.3, -0.25) is 0 Å². The molecule has 1 fully saturated rings. The zero-order chi connectivity index (χ0) is 12.8. The molecule has 0 spiro atoms. The van der Waals surface area contributed by atoms with Crippen LogP contribution in [0.4, 0.5) is 0 Å². The average Bonchev–Trinajstić information content (AvgIpc) is 2.36. The van der Waals surface area contributed by atoms with Gasteiger partial charge in [0.1, 0.15) is 13.1 Å². The highest BCUT2D eigenvalue weighted by Gasteiger charge is 2.38. The molecule has 0 aromatic heterocycles. The van der Waals surface area contributed by atoms with Crippen molar-refractivity contribution in [3.63, 3.8) is 0 Å². The van der Waals surface area contributed by atoms with Crippen LogP contribution in [0.2, 0.25) is 6.04 Å². The van der Waals surface area contributed by atoms with Crippen molar-refractivity contribution in [1.29, 1.82) is 0 Å². The van der Waals surface area contributed by atoms with Crippen LogP contribution in [-0.2, 0) is 18.0 Å². The molecule has 102 valence electrons. The van der Waals surface area contributed by atoms with Gasteiger partial charge in [-0.15, -0.1) is 0 Å². The molecule has 1 heterocycles. The van der Waals surface area contributed by atoms with Crippen molar-refractivity contribution in [1.82, 2.24) is 0 Å². The third-order valence-corrected chi connectivity index (χ3v) is 6.50. The summed E-state index contributed by atoms with van der Waals surface area (Å²) in [4.78, 5) is 0. The second-order valence-electron chi connectivity index (χ2n) is 4.80. The first-order valence-electron chi connectivity index (χ1n) is 6.16. The van der Waals surface area contributed by atoms with Gasteiger partial charge in [-0.1, -0.05) is 0 Å². The van der Waals surface area contributed by atoms with E-state index in [-0.39, 0.29) is 0 Å². The summed E-state index contributed by atoms with van der Waals surface area (Å²) in [5, 5.41) is 0. The highest BCUT2D eigenvalue weighted by atomic mass is 28.4. The third-order valence-electron chi connectivity index (χ3n) is 3.66. The number of ether oxygens (including phenoxy) is 1. The van der Waals surface area contributed by atoms with Crippen molar-refractivity contribution in [3.8, 4) is 0 Å². The van der Waals surface area contributed by atoms with E-state index >= 15 is 0 Å². The van der Waals surface area contributed by atoms with Crippen LogP contribution in [0.1, 0.15) is 6.42 Å². The van der Waals surface area contributed by atoms with Gasteiger partial charge in [-0.25, -0.2) is 0 Å². The minimum absolute atomic E-state index is 0.873. The van der Waals surface area contributed by atoms with Gasteiger partial charge in [0, 0.05) is 33.8 Å². The number of quaternary nitrogens is 1. The molecule has 1 saturated heterocycles. The standard InChI is InChI=1S/C11H26NO4Si/c1-12(7-9-16-10-8-12)6-5-11-17(13-2,14-3)15-4/h5-11H2,1-4H3/q+1. The lowest BCUT2D eigenvalue weighted by Crippen LogP contribution is -2.53. The SMILES string of the molecule is CO[Si](CCC[N+]1(C)CCOCC1)(OC)OC. The highest BCUT2D eigenvalue weighted by Crippen LogP contribution is 2.17. The molecular formula is C11H26NO4Si+. The largest absolute Gasteiger partial charge is 0.500 e. The highest BCUT2D eigenvalue weighted by molar-refractivity contribution is 6.60. The molecule has 5 nitrogen and oxygen atoms in total. The molecule has 6 heteroatoms. The Hall–Kier alpha value is 0.0169. The van der Waals surface area contributed by atoms with E-state index in [9.17, 15) is 0 Å². The summed E-state index contributed by atoms with van der Waals surface area (Å²) in [5.41, 5.74) is 0. The first-order chi connectivity index (χ1) is 8.10. The molecule has 0 bridgehead atoms. The van der Waals surface area contributed by atoms with E-state index in [1.54, 1.807) is 21.3 Å². The van der Waals surface area contributed by atoms with E-state index in [2.05, 4.69) is 7.05 Å². The molecule has 0 N–H and O–H groups in total. The van der Waals surface area contributed by atoms with Crippen molar-refractivity contribution >= 4 is 8.80 Å². The van der Waals surface area contributed by atoms with Gasteiger partial charge < -0.3 is 22.5 Å². The molecule has 0 aliphatic carbocycles. The number of nitrogens with zero attached hydrogens (tertiary/aromatic N) is 1. The lowest BCUT2D eigenvalue weighted by molar-refractivity contribution is -0.916. The van der Waals surface area contributed by atoms with Crippen LogP contribution >= 0.6 is 0 Å². The van der Waals surface area contributed by atoms with E-state index in [1.165, 1.54) is 0 Å². The molecule has 0 radical (unpaired) electrons. The van der Waals surface area contributed by atoms with Gasteiger partial charge in [0.05, 0.1) is 26.8 Å². The zero-order valence-electron chi connectivity index (χ0n) is 11.5. The van der Waals surface area contributed by atoms with Crippen LogP contribution < -0.4 is 0 Å². The van der Waals surface area contributed by atoms with E-state index in [0.29, 0.717) is 0 Å². The quantitative estimate of drug-likeness (QED) is 0.502. The Morgan fingerprint density at radius 2 is 1.59 bits per heavy atom. The molecule has 0 aromatic rings. The van der Waals surface area contributed by atoms with Crippen LogP contribution in [0.25, 0.3) is 0 Å². The van der Waals surface area contributed by atoms with Gasteiger partial charge in [0.15, 0.2) is 0 Å². The predicted octanol–water partition coefficient (Wildman–Crippen LogP) is 0.731. The normalized spacial score (nSPS) is 20.5. The zero-order valence-corrected chi connectivity index (χ0v) is 12.5. The van der Waals surface area contributed by atoms with Crippen molar-refractivity contribution in [3.05, 3.63) is 0 Å². The number of rotatable bonds is 7. The Kier molecular flexibility index (Phi) is 6.05. The molecule has 1 aliphatic rings. The summed E-state index contributed by atoms with van der Waals surface area (Å²) in [6.45, 7) is 5.08. The molecule has 0 saturated carbocycles. The fourth-order valence-corrected chi connectivity index (χ4v) is 3.94. The summed E-state index contributed by atoms with van der Waals surface area (Å²) >= 11 is 0. The smallest absolute Gasteiger partial charge is 0.377 e. The van der Waals surface area contributed by atoms with Gasteiger partial charge >= 0.3 is 8.80 Å². The maximum Gasteiger partial charge on any atom is 0.500 e. The molecule has 0 aromatic carbocycles. The van der Waals surface area contributed by atoms with E-state index in [4.69, 9.17) is 18.0 Å². The Bertz CT molecular complexity index is 209. The van der Waals surface area contributed by atoms with E-state index in [0.717, 1.165) is 49.8 Å². The van der Waals surface area contributed by atoms with Crippen LogP contribution in [0, 0.1) is 0 Å². The van der Waals surface area contributed by atoms with Crippen molar-refractivity contribution < 1.29 is 22.5 Å². The van der Waals surface area contributed by atoms with E-state index < -0.39 is 8.80 Å². The van der Waals surface area contributed by atoms with Crippen LogP contribution in [0.15, 0.2) is 0 Å². The van der Waals surface area contributed by atoms with Gasteiger partial charge in [-0.2, -0.15) is 0 Å². The van der Waals surface area contributed by atoms with Crippen molar-refractivity contribution in [2.75, 3.05) is 61.2 Å². The number of hydrogen-bond acceptors (Lipinski definition) is 4. The Balaban J connectivity index is 2.34. The minimum Gasteiger partial charge on any atom is -0.377 e. The molecule has 1 aliphatic heterocycles. The maximum absolute atomic E-state index is 5.42. The summed E-state index contributed by atoms with van der Waals surface area (Å²) in [5.74, 6) is 0. The predicted molar refractivity (Wildman–Crippen MR) is 67.8 cm³/mol. The van der Waals surface area contributed by atoms with Gasteiger partial charge in [0.2, 0.25) is 0 Å². The molecule has 17 heavy (non-hydrogen) atoms. The second-order valence-corrected chi connectivity index (χ2v) is 7.89. The summed E-state index contributed by atoms with van der Waals surface area (Å²) in [6, 6.07) is 0.880. The Morgan fingerprint density at radius 1 is 1.06 bits per heavy atom. The van der Waals surface area contributed by atoms with E-state index in [1.807, 2.05) is 0 Å². The number of morpholine rings is 1. The topological polar surface area (TPSA) is 36.9 Å². The number of hydrogen-bond donors (Lipinski definition) is 0. The first kappa shape index (κ1) is 15.1. The third kappa shape index (κ3) is 4.31. The second kappa shape index (κ2) is 6.82. The lowest BCUT2D eigenvalue weighted by Gasteiger charge is -2.38. The fraction of sp³-hybridized carbons (Fsp3) is 1.00. The van der Waals surface area contributed by atoms with Crippen molar-refractivity contribution in [2.24, 2.45) is 0 Å². The fourth-order valence-electron chi connectivity index (χ4n) is 2.24. The van der Waals surface area contributed by atoms with Crippen LogP contribution in [0.5, 0.6) is 0 Å². The summed E-state index contributed by atoms with van der Waals surface area (Å²) in [7, 11) is 4.93. The molecule has 0 amide bonds. The van der Waals surface area contributed by atoms with Gasteiger partial charge in [0.25, 0.3) is 0 Å². The molecule has 0 atom stereocenters. The first-order valence-corrected chi connectivity index (χ1v) is 8.10.